The van der Waals surface area contributed by atoms with Gasteiger partial charge in [0.25, 0.3) is 0 Å². The molecule has 1 N–H and O–H groups in total. The van der Waals surface area contributed by atoms with Crippen LogP contribution in [0.2, 0.25) is 0 Å². The lowest BCUT2D eigenvalue weighted by Gasteiger charge is -2.24. The Balaban J connectivity index is 2.42. The van der Waals surface area contributed by atoms with Gasteiger partial charge >= 0.3 is 5.97 Å². The number of ether oxygens (including phenoxy) is 2. The second-order valence-electron chi connectivity index (χ2n) is 3.61. The molecule has 86 valence electrons. The normalized spacial score (nSPS) is 18.5. The molecule has 0 aromatic heterocycles. The van der Waals surface area contributed by atoms with E-state index in [0.29, 0.717) is 11.3 Å². The zero-order valence-corrected chi connectivity index (χ0v) is 8.70. The average Bonchev–Trinajstić information content (AvgIpc) is 2.29. The molecule has 1 aromatic carbocycles. The third-order valence-electron chi connectivity index (χ3n) is 2.62. The summed E-state index contributed by atoms with van der Waals surface area (Å²) < 4.78 is 23.6. The van der Waals surface area contributed by atoms with Crippen molar-refractivity contribution >= 4 is 5.97 Å². The van der Waals surface area contributed by atoms with Crippen molar-refractivity contribution in [2.75, 3.05) is 13.7 Å². The quantitative estimate of drug-likeness (QED) is 0.829. The van der Waals surface area contributed by atoms with Crippen LogP contribution in [0.5, 0.6) is 11.5 Å². The van der Waals surface area contributed by atoms with Crippen molar-refractivity contribution in [2.45, 2.75) is 6.42 Å². The third-order valence-corrected chi connectivity index (χ3v) is 2.62. The lowest BCUT2D eigenvalue weighted by atomic mass is 9.96. The Labute approximate surface area is 91.6 Å². The highest BCUT2D eigenvalue weighted by Gasteiger charge is 2.29. The molecule has 1 aromatic rings. The molecule has 4 nitrogen and oxygen atoms in total. The van der Waals surface area contributed by atoms with Gasteiger partial charge < -0.3 is 14.6 Å². The van der Waals surface area contributed by atoms with Crippen LogP contribution in [0.15, 0.2) is 12.1 Å². The number of aliphatic carboxylic acids is 1. The first kappa shape index (κ1) is 10.7. The smallest absolute Gasteiger partial charge is 0.310 e. The first-order valence-electron chi connectivity index (χ1n) is 4.84. The second kappa shape index (κ2) is 4.00. The maximum Gasteiger partial charge on any atom is 0.310 e. The number of carboxylic acid groups (broad SMARTS) is 1. The molecule has 2 rings (SSSR count). The number of hydrogen-bond acceptors (Lipinski definition) is 3. The maximum absolute atomic E-state index is 13.4. The molecule has 0 bridgehead atoms. The van der Waals surface area contributed by atoms with E-state index in [0.717, 1.165) is 0 Å². The topological polar surface area (TPSA) is 55.8 Å². The Bertz CT molecular complexity index is 430. The summed E-state index contributed by atoms with van der Waals surface area (Å²) >= 11 is 0. The van der Waals surface area contributed by atoms with Crippen LogP contribution in [-0.4, -0.2) is 24.8 Å². The Hall–Kier alpha value is -1.78. The third kappa shape index (κ3) is 1.68. The number of carbonyl (C=O) groups is 1. The molecule has 1 heterocycles. The molecule has 0 spiro atoms. The van der Waals surface area contributed by atoms with Gasteiger partial charge in [-0.25, -0.2) is 4.39 Å². The standard InChI is InChI=1S/C11H11FO4/c1-15-9-3-2-8(12)10-7(9)4-6(5-16-10)11(13)14/h2-3,6H,4-5H2,1H3,(H,13,14). The van der Waals surface area contributed by atoms with E-state index in [9.17, 15) is 9.18 Å². The number of fused-ring (bicyclic) bond motifs is 1. The van der Waals surface area contributed by atoms with E-state index in [1.54, 1.807) is 0 Å². The van der Waals surface area contributed by atoms with Crippen LogP contribution in [0.25, 0.3) is 0 Å². The minimum atomic E-state index is -0.947. The summed E-state index contributed by atoms with van der Waals surface area (Å²) in [6, 6.07) is 2.72. The van der Waals surface area contributed by atoms with Gasteiger partial charge in [-0.05, 0) is 18.6 Å². The van der Waals surface area contributed by atoms with Gasteiger partial charge in [0.15, 0.2) is 11.6 Å². The van der Waals surface area contributed by atoms with E-state index < -0.39 is 17.7 Å². The van der Waals surface area contributed by atoms with Gasteiger partial charge in [-0.15, -0.1) is 0 Å². The molecule has 0 saturated heterocycles. The fourth-order valence-corrected chi connectivity index (χ4v) is 1.77. The monoisotopic (exact) mass is 226 g/mol. The van der Waals surface area contributed by atoms with Gasteiger partial charge in [-0.3, -0.25) is 4.79 Å². The van der Waals surface area contributed by atoms with Crippen molar-refractivity contribution in [3.05, 3.63) is 23.5 Å². The molecule has 0 saturated carbocycles. The lowest BCUT2D eigenvalue weighted by molar-refractivity contribution is -0.143. The van der Waals surface area contributed by atoms with Crippen LogP contribution < -0.4 is 9.47 Å². The Kier molecular flexibility index (Phi) is 2.68. The van der Waals surface area contributed by atoms with Crippen molar-refractivity contribution in [3.63, 3.8) is 0 Å². The lowest BCUT2D eigenvalue weighted by Crippen LogP contribution is -2.28. The Morgan fingerprint density at radius 3 is 3.00 bits per heavy atom. The molecule has 1 atom stereocenters. The SMILES string of the molecule is COc1ccc(F)c2c1CC(C(=O)O)CO2. The molecule has 1 aliphatic rings. The molecule has 1 unspecified atom stereocenters. The van der Waals surface area contributed by atoms with Crippen LogP contribution in [-0.2, 0) is 11.2 Å². The number of benzene rings is 1. The van der Waals surface area contributed by atoms with Crippen LogP contribution in [0.3, 0.4) is 0 Å². The summed E-state index contributed by atoms with van der Waals surface area (Å²) in [6.07, 6.45) is 0.228. The summed E-state index contributed by atoms with van der Waals surface area (Å²) in [6.45, 7) is -0.00752. The largest absolute Gasteiger partial charge is 0.496 e. The van der Waals surface area contributed by atoms with Gasteiger partial charge in [-0.1, -0.05) is 0 Å². The Morgan fingerprint density at radius 2 is 2.38 bits per heavy atom. The first-order chi connectivity index (χ1) is 7.63. The Morgan fingerprint density at radius 1 is 1.62 bits per heavy atom. The highest BCUT2D eigenvalue weighted by atomic mass is 19.1. The molecular formula is C11H11FO4. The predicted octanol–water partition coefficient (Wildman–Crippen LogP) is 1.47. The summed E-state index contributed by atoms with van der Waals surface area (Å²) in [4.78, 5) is 10.8. The van der Waals surface area contributed by atoms with Gasteiger partial charge in [0, 0.05) is 5.56 Å². The van der Waals surface area contributed by atoms with E-state index in [1.165, 1.54) is 19.2 Å². The number of methoxy groups -OCH3 is 1. The molecular weight excluding hydrogens is 215 g/mol. The van der Waals surface area contributed by atoms with Crippen molar-refractivity contribution < 1.29 is 23.8 Å². The van der Waals surface area contributed by atoms with Crippen LogP contribution in [0.1, 0.15) is 5.56 Å². The number of halogens is 1. The summed E-state index contributed by atoms with van der Waals surface area (Å²) in [5, 5.41) is 8.88. The fourth-order valence-electron chi connectivity index (χ4n) is 1.77. The molecule has 5 heteroatoms. The maximum atomic E-state index is 13.4. The molecule has 1 aliphatic heterocycles. The highest BCUT2D eigenvalue weighted by molar-refractivity contribution is 5.71. The van der Waals surface area contributed by atoms with E-state index in [1.807, 2.05) is 0 Å². The van der Waals surface area contributed by atoms with Crippen LogP contribution in [0, 0.1) is 11.7 Å². The second-order valence-corrected chi connectivity index (χ2v) is 3.61. The summed E-state index contributed by atoms with van der Waals surface area (Å²) in [5.41, 5.74) is 0.487. The zero-order valence-electron chi connectivity index (χ0n) is 8.70. The van der Waals surface area contributed by atoms with E-state index in [2.05, 4.69) is 0 Å². The molecule has 16 heavy (non-hydrogen) atoms. The fraction of sp³-hybridized carbons (Fsp3) is 0.364. The van der Waals surface area contributed by atoms with Gasteiger partial charge in [0.2, 0.25) is 0 Å². The number of hydrogen-bond donors (Lipinski definition) is 1. The van der Waals surface area contributed by atoms with Crippen molar-refractivity contribution in [3.8, 4) is 11.5 Å². The predicted molar refractivity (Wildman–Crippen MR) is 53.3 cm³/mol. The van der Waals surface area contributed by atoms with Gasteiger partial charge in [0.05, 0.1) is 13.0 Å². The van der Waals surface area contributed by atoms with Crippen molar-refractivity contribution in [2.24, 2.45) is 5.92 Å². The van der Waals surface area contributed by atoms with Crippen LogP contribution in [0.4, 0.5) is 4.39 Å². The van der Waals surface area contributed by atoms with Gasteiger partial charge in [0.1, 0.15) is 12.4 Å². The molecule has 0 radical (unpaired) electrons. The van der Waals surface area contributed by atoms with E-state index in [4.69, 9.17) is 14.6 Å². The number of carboxylic acids is 1. The van der Waals surface area contributed by atoms with Crippen molar-refractivity contribution in [1.29, 1.82) is 0 Å². The first-order valence-corrected chi connectivity index (χ1v) is 4.84. The minimum Gasteiger partial charge on any atom is -0.496 e. The zero-order chi connectivity index (χ0) is 11.7. The van der Waals surface area contributed by atoms with Crippen molar-refractivity contribution in [1.82, 2.24) is 0 Å². The summed E-state index contributed by atoms with van der Waals surface area (Å²) in [7, 11) is 1.46. The van der Waals surface area contributed by atoms with E-state index >= 15 is 0 Å². The average molecular weight is 226 g/mol. The minimum absolute atomic E-state index is 0.00752. The molecule has 0 amide bonds. The summed E-state index contributed by atoms with van der Waals surface area (Å²) in [5.74, 6) is -1.51. The molecule has 0 aliphatic carbocycles. The van der Waals surface area contributed by atoms with E-state index in [-0.39, 0.29) is 18.8 Å². The van der Waals surface area contributed by atoms with Crippen LogP contribution >= 0.6 is 0 Å². The van der Waals surface area contributed by atoms with Gasteiger partial charge in [-0.2, -0.15) is 0 Å². The highest BCUT2D eigenvalue weighted by Crippen LogP contribution is 2.36. The molecule has 0 fully saturated rings. The number of rotatable bonds is 2.